The highest BCUT2D eigenvalue weighted by Crippen LogP contribution is 2.28. The second kappa shape index (κ2) is 5.14. The van der Waals surface area contributed by atoms with E-state index in [1.807, 2.05) is 0 Å². The number of hydrogen-bond acceptors (Lipinski definition) is 1. The quantitative estimate of drug-likeness (QED) is 0.852. The molecule has 2 nitrogen and oxygen atoms in total. The third kappa shape index (κ3) is 2.76. The van der Waals surface area contributed by atoms with Crippen molar-refractivity contribution in [2.75, 3.05) is 0 Å². The van der Waals surface area contributed by atoms with Crippen LogP contribution < -0.4 is 5.73 Å². The summed E-state index contributed by atoms with van der Waals surface area (Å²) in [7, 11) is 0. The van der Waals surface area contributed by atoms with Gasteiger partial charge in [0.2, 0.25) is 5.91 Å². The van der Waals surface area contributed by atoms with E-state index < -0.39 is 23.4 Å². The Kier molecular flexibility index (Phi) is 3.55. The summed E-state index contributed by atoms with van der Waals surface area (Å²) in [6, 6.07) is 7.61. The molecule has 0 bridgehead atoms. The maximum absolute atomic E-state index is 13.7. The van der Waals surface area contributed by atoms with Crippen molar-refractivity contribution in [3.63, 3.8) is 0 Å². The van der Waals surface area contributed by atoms with Gasteiger partial charge in [0.1, 0.15) is 5.82 Å². The highest BCUT2D eigenvalue weighted by molar-refractivity contribution is 5.80. The van der Waals surface area contributed by atoms with Crippen LogP contribution in [0.3, 0.4) is 0 Å². The lowest BCUT2D eigenvalue weighted by atomic mass is 9.97. The van der Waals surface area contributed by atoms with Gasteiger partial charge in [0.05, 0.1) is 6.42 Å². The monoisotopic (exact) mass is 265 g/mol. The first-order chi connectivity index (χ1) is 8.99. The van der Waals surface area contributed by atoms with Gasteiger partial charge in [-0.25, -0.2) is 13.2 Å². The lowest BCUT2D eigenvalue weighted by Gasteiger charge is -2.10. The summed E-state index contributed by atoms with van der Waals surface area (Å²) >= 11 is 0. The van der Waals surface area contributed by atoms with Crippen molar-refractivity contribution in [1.82, 2.24) is 0 Å². The van der Waals surface area contributed by atoms with E-state index in [9.17, 15) is 18.0 Å². The minimum absolute atomic E-state index is 0.131. The number of halogens is 3. The van der Waals surface area contributed by atoms with Crippen LogP contribution in [0.1, 0.15) is 5.56 Å². The SMILES string of the molecule is NC(=O)Cc1ccccc1-c1cc(F)cc(F)c1F. The van der Waals surface area contributed by atoms with Crippen LogP contribution in [0.15, 0.2) is 36.4 Å². The molecule has 2 rings (SSSR count). The van der Waals surface area contributed by atoms with Crippen LogP contribution in [0.25, 0.3) is 11.1 Å². The molecule has 19 heavy (non-hydrogen) atoms. The van der Waals surface area contributed by atoms with E-state index in [0.29, 0.717) is 11.6 Å². The third-order valence-corrected chi connectivity index (χ3v) is 2.67. The van der Waals surface area contributed by atoms with Gasteiger partial charge in [-0.15, -0.1) is 0 Å². The molecule has 0 aliphatic carbocycles. The third-order valence-electron chi connectivity index (χ3n) is 2.67. The van der Waals surface area contributed by atoms with E-state index in [0.717, 1.165) is 6.07 Å². The molecule has 0 aliphatic rings. The Morgan fingerprint density at radius 2 is 1.74 bits per heavy atom. The maximum atomic E-state index is 13.7. The van der Waals surface area contributed by atoms with Gasteiger partial charge in [-0.2, -0.15) is 0 Å². The molecule has 0 radical (unpaired) electrons. The molecule has 0 heterocycles. The molecule has 2 N–H and O–H groups in total. The molecule has 0 aliphatic heterocycles. The summed E-state index contributed by atoms with van der Waals surface area (Å²) in [4.78, 5) is 11.0. The number of carbonyl (C=O) groups is 1. The lowest BCUT2D eigenvalue weighted by Crippen LogP contribution is -2.14. The number of primary amides is 1. The Balaban J connectivity index is 2.62. The van der Waals surface area contributed by atoms with Crippen molar-refractivity contribution >= 4 is 5.91 Å². The minimum atomic E-state index is -1.27. The lowest BCUT2D eigenvalue weighted by molar-refractivity contribution is -0.117. The second-order valence-electron chi connectivity index (χ2n) is 4.05. The molecule has 0 saturated carbocycles. The number of carbonyl (C=O) groups excluding carboxylic acids is 1. The molecule has 0 atom stereocenters. The molecule has 0 spiro atoms. The zero-order chi connectivity index (χ0) is 14.0. The number of nitrogens with two attached hydrogens (primary N) is 1. The Morgan fingerprint density at radius 1 is 1.05 bits per heavy atom. The van der Waals surface area contributed by atoms with Crippen molar-refractivity contribution in [2.24, 2.45) is 5.73 Å². The van der Waals surface area contributed by atoms with Crippen molar-refractivity contribution in [2.45, 2.75) is 6.42 Å². The summed E-state index contributed by atoms with van der Waals surface area (Å²) < 4.78 is 40.1. The minimum Gasteiger partial charge on any atom is -0.369 e. The fraction of sp³-hybridized carbons (Fsp3) is 0.0714. The van der Waals surface area contributed by atoms with E-state index in [-0.39, 0.29) is 17.5 Å². The van der Waals surface area contributed by atoms with Crippen LogP contribution >= 0.6 is 0 Å². The number of amides is 1. The van der Waals surface area contributed by atoms with Gasteiger partial charge in [-0.3, -0.25) is 4.79 Å². The van der Waals surface area contributed by atoms with E-state index >= 15 is 0 Å². The van der Waals surface area contributed by atoms with Crippen LogP contribution in [0.4, 0.5) is 13.2 Å². The van der Waals surface area contributed by atoms with Gasteiger partial charge in [0.15, 0.2) is 11.6 Å². The molecular weight excluding hydrogens is 255 g/mol. The van der Waals surface area contributed by atoms with Crippen LogP contribution in [-0.2, 0) is 11.2 Å². The first kappa shape index (κ1) is 13.1. The van der Waals surface area contributed by atoms with Crippen LogP contribution in [-0.4, -0.2) is 5.91 Å². The molecule has 2 aromatic carbocycles. The predicted molar refractivity (Wildman–Crippen MR) is 64.7 cm³/mol. The maximum Gasteiger partial charge on any atom is 0.221 e. The smallest absolute Gasteiger partial charge is 0.221 e. The van der Waals surface area contributed by atoms with E-state index in [2.05, 4.69) is 0 Å². The Hall–Kier alpha value is -2.30. The van der Waals surface area contributed by atoms with E-state index in [4.69, 9.17) is 5.73 Å². The normalized spacial score (nSPS) is 10.5. The summed E-state index contributed by atoms with van der Waals surface area (Å²) in [6.45, 7) is 0. The molecule has 0 fully saturated rings. The van der Waals surface area contributed by atoms with Gasteiger partial charge in [0.25, 0.3) is 0 Å². The van der Waals surface area contributed by atoms with Crippen molar-refractivity contribution in [3.8, 4) is 11.1 Å². The van der Waals surface area contributed by atoms with Crippen LogP contribution in [0.5, 0.6) is 0 Å². The highest BCUT2D eigenvalue weighted by atomic mass is 19.2. The highest BCUT2D eigenvalue weighted by Gasteiger charge is 2.16. The van der Waals surface area contributed by atoms with Crippen molar-refractivity contribution in [3.05, 3.63) is 59.4 Å². The fourth-order valence-electron chi connectivity index (χ4n) is 1.88. The molecule has 0 saturated heterocycles. The van der Waals surface area contributed by atoms with Crippen LogP contribution in [0, 0.1) is 17.5 Å². The van der Waals surface area contributed by atoms with Gasteiger partial charge in [0, 0.05) is 11.6 Å². The summed E-state index contributed by atoms with van der Waals surface area (Å²) in [6.07, 6.45) is -0.131. The summed E-state index contributed by atoms with van der Waals surface area (Å²) in [5.41, 5.74) is 5.52. The Labute approximate surface area is 107 Å². The topological polar surface area (TPSA) is 43.1 Å². The largest absolute Gasteiger partial charge is 0.369 e. The van der Waals surface area contributed by atoms with E-state index in [1.54, 1.807) is 18.2 Å². The van der Waals surface area contributed by atoms with Gasteiger partial charge >= 0.3 is 0 Å². The molecule has 5 heteroatoms. The average Bonchev–Trinajstić information content (AvgIpc) is 2.34. The number of rotatable bonds is 3. The first-order valence-corrected chi connectivity index (χ1v) is 5.50. The van der Waals surface area contributed by atoms with Gasteiger partial charge in [-0.1, -0.05) is 24.3 Å². The molecule has 0 aromatic heterocycles. The predicted octanol–water partition coefficient (Wildman–Crippen LogP) is 2.80. The number of hydrogen-bond donors (Lipinski definition) is 1. The number of benzene rings is 2. The van der Waals surface area contributed by atoms with Crippen LogP contribution in [0.2, 0.25) is 0 Å². The first-order valence-electron chi connectivity index (χ1n) is 5.50. The van der Waals surface area contributed by atoms with Gasteiger partial charge < -0.3 is 5.73 Å². The summed E-state index contributed by atoms with van der Waals surface area (Å²) in [5, 5.41) is 0. The molecular formula is C14H10F3NO. The molecule has 98 valence electrons. The molecule has 0 unspecified atom stereocenters. The average molecular weight is 265 g/mol. The Bertz CT molecular complexity index is 641. The van der Waals surface area contributed by atoms with Crippen molar-refractivity contribution < 1.29 is 18.0 Å². The molecule has 2 aromatic rings. The fourth-order valence-corrected chi connectivity index (χ4v) is 1.88. The Morgan fingerprint density at radius 3 is 2.42 bits per heavy atom. The summed E-state index contributed by atoms with van der Waals surface area (Å²) in [5.74, 6) is -3.92. The molecule has 1 amide bonds. The van der Waals surface area contributed by atoms with Crippen molar-refractivity contribution in [1.29, 1.82) is 0 Å². The zero-order valence-electron chi connectivity index (χ0n) is 9.79. The van der Waals surface area contributed by atoms with E-state index in [1.165, 1.54) is 6.07 Å². The zero-order valence-corrected chi connectivity index (χ0v) is 9.79. The standard InChI is InChI=1S/C14H10F3NO/c15-9-6-11(14(17)12(16)7-9)10-4-2-1-3-8(10)5-13(18)19/h1-4,6-7H,5H2,(H2,18,19). The second-order valence-corrected chi connectivity index (χ2v) is 4.05. The van der Waals surface area contributed by atoms with Gasteiger partial charge in [-0.05, 0) is 17.2 Å².